The van der Waals surface area contributed by atoms with Crippen LogP contribution < -0.4 is 15.5 Å². The lowest BCUT2D eigenvalue weighted by atomic mass is 10.0. The molecule has 0 atom stereocenters. The monoisotopic (exact) mass is 364 g/mol. The van der Waals surface area contributed by atoms with Crippen molar-refractivity contribution in [3.8, 4) is 0 Å². The van der Waals surface area contributed by atoms with Crippen LogP contribution in [0.5, 0.6) is 0 Å². The molecule has 0 aliphatic carbocycles. The molecule has 0 bridgehead atoms. The van der Waals surface area contributed by atoms with Gasteiger partial charge in [-0.3, -0.25) is 4.79 Å². The Labute approximate surface area is 161 Å². The molecule has 5 heteroatoms. The first-order chi connectivity index (χ1) is 13.3. The lowest BCUT2D eigenvalue weighted by molar-refractivity contribution is -0.117. The number of aryl methyl sites for hydroxylation is 1. The summed E-state index contributed by atoms with van der Waals surface area (Å²) in [5, 5.41) is 6.53. The van der Waals surface area contributed by atoms with E-state index in [2.05, 4.69) is 33.8 Å². The number of para-hydroxylation sites is 1. The van der Waals surface area contributed by atoms with Crippen LogP contribution in [0, 0.1) is 0 Å². The zero-order valence-electron chi connectivity index (χ0n) is 15.9. The second-order valence-electron chi connectivity index (χ2n) is 6.64. The fourth-order valence-electron chi connectivity index (χ4n) is 3.34. The summed E-state index contributed by atoms with van der Waals surface area (Å²) in [4.78, 5) is 19.1. The van der Waals surface area contributed by atoms with Crippen LogP contribution in [0.15, 0.2) is 59.6 Å². The van der Waals surface area contributed by atoms with E-state index in [0.29, 0.717) is 5.96 Å². The summed E-state index contributed by atoms with van der Waals surface area (Å²) >= 11 is 0. The second-order valence-corrected chi connectivity index (χ2v) is 6.64. The fourth-order valence-corrected chi connectivity index (χ4v) is 3.34. The van der Waals surface area contributed by atoms with Crippen molar-refractivity contribution in [2.45, 2.75) is 26.2 Å². The van der Waals surface area contributed by atoms with Crippen LogP contribution in [-0.4, -0.2) is 38.0 Å². The largest absolute Gasteiger partial charge is 0.357 e. The highest BCUT2D eigenvalue weighted by Gasteiger charge is 2.21. The average Bonchev–Trinajstić information content (AvgIpc) is 2.72. The van der Waals surface area contributed by atoms with Gasteiger partial charge >= 0.3 is 0 Å². The number of rotatable bonds is 6. The molecule has 1 amide bonds. The van der Waals surface area contributed by atoms with Crippen molar-refractivity contribution in [2.75, 3.05) is 31.1 Å². The zero-order chi connectivity index (χ0) is 18.9. The first-order valence-electron chi connectivity index (χ1n) is 9.72. The van der Waals surface area contributed by atoms with Crippen molar-refractivity contribution in [1.82, 2.24) is 10.6 Å². The van der Waals surface area contributed by atoms with Gasteiger partial charge in [0.15, 0.2) is 5.96 Å². The molecule has 2 N–H and O–H groups in total. The highest BCUT2D eigenvalue weighted by molar-refractivity contribution is 5.97. The third kappa shape index (κ3) is 5.33. The highest BCUT2D eigenvalue weighted by Crippen LogP contribution is 2.26. The quantitative estimate of drug-likeness (QED) is 0.612. The summed E-state index contributed by atoms with van der Waals surface area (Å²) in [6.45, 7) is 4.48. The third-order valence-corrected chi connectivity index (χ3v) is 4.68. The normalized spacial score (nSPS) is 13.8. The number of nitrogens with zero attached hydrogens (tertiary/aromatic N) is 2. The van der Waals surface area contributed by atoms with E-state index in [1.165, 1.54) is 11.1 Å². The number of anilines is 1. The van der Waals surface area contributed by atoms with Crippen LogP contribution in [0.2, 0.25) is 0 Å². The molecule has 1 aliphatic rings. The number of aliphatic imine (C=N–C) groups is 1. The summed E-state index contributed by atoms with van der Waals surface area (Å²) in [5.41, 5.74) is 3.56. The van der Waals surface area contributed by atoms with Gasteiger partial charge in [0.1, 0.15) is 6.54 Å². The Morgan fingerprint density at radius 2 is 1.85 bits per heavy atom. The van der Waals surface area contributed by atoms with E-state index >= 15 is 0 Å². The van der Waals surface area contributed by atoms with E-state index in [0.717, 1.165) is 44.6 Å². The Morgan fingerprint density at radius 3 is 2.67 bits per heavy atom. The van der Waals surface area contributed by atoms with Crippen molar-refractivity contribution >= 4 is 17.6 Å². The lowest BCUT2D eigenvalue weighted by Gasteiger charge is -2.29. The predicted molar refractivity (Wildman–Crippen MR) is 111 cm³/mol. The number of hydrogen-bond acceptors (Lipinski definition) is 2. The number of guanidine groups is 1. The van der Waals surface area contributed by atoms with Crippen molar-refractivity contribution in [2.24, 2.45) is 4.99 Å². The van der Waals surface area contributed by atoms with Gasteiger partial charge in [0, 0.05) is 25.3 Å². The molecule has 0 spiro atoms. The number of fused-ring (bicyclic) bond motifs is 1. The topological polar surface area (TPSA) is 56.7 Å². The van der Waals surface area contributed by atoms with Gasteiger partial charge in [-0.25, -0.2) is 4.99 Å². The Balaban J connectivity index is 1.57. The van der Waals surface area contributed by atoms with E-state index in [-0.39, 0.29) is 12.5 Å². The van der Waals surface area contributed by atoms with Crippen molar-refractivity contribution in [1.29, 1.82) is 0 Å². The fraction of sp³-hybridized carbons (Fsp3) is 0.364. The molecular formula is C22H28N4O. The third-order valence-electron chi connectivity index (χ3n) is 4.68. The summed E-state index contributed by atoms with van der Waals surface area (Å²) in [7, 11) is 0. The Bertz CT molecular complexity index is 773. The smallest absolute Gasteiger partial charge is 0.248 e. The van der Waals surface area contributed by atoms with Gasteiger partial charge < -0.3 is 15.5 Å². The molecule has 5 nitrogen and oxygen atoms in total. The number of nitrogens with one attached hydrogen (secondary N) is 2. The summed E-state index contributed by atoms with van der Waals surface area (Å²) < 4.78 is 0. The maximum absolute atomic E-state index is 12.7. The Morgan fingerprint density at radius 1 is 1.07 bits per heavy atom. The van der Waals surface area contributed by atoms with Gasteiger partial charge in [0.05, 0.1) is 0 Å². The lowest BCUT2D eigenvalue weighted by Crippen LogP contribution is -2.41. The average molecular weight is 364 g/mol. The number of hydrogen-bond donors (Lipinski definition) is 2. The van der Waals surface area contributed by atoms with E-state index in [1.54, 1.807) is 0 Å². The molecule has 0 radical (unpaired) electrons. The molecule has 0 aromatic heterocycles. The van der Waals surface area contributed by atoms with Gasteiger partial charge in [-0.2, -0.15) is 0 Å². The molecule has 3 rings (SSSR count). The predicted octanol–water partition coefficient (Wildman–Crippen LogP) is 2.76. The molecule has 0 saturated heterocycles. The zero-order valence-corrected chi connectivity index (χ0v) is 15.9. The minimum atomic E-state index is 0.0439. The standard InChI is InChI=1S/C22H28N4O/c1-2-23-22(24-15-14-18-9-4-3-5-10-18)25-17-21(27)26-16-8-12-19-11-6-7-13-20(19)26/h3-7,9-11,13H,2,8,12,14-17H2,1H3,(H2,23,24,25). The van der Waals surface area contributed by atoms with Gasteiger partial charge in [-0.1, -0.05) is 48.5 Å². The summed E-state index contributed by atoms with van der Waals surface area (Å²) in [6, 6.07) is 18.5. The SMILES string of the molecule is CCNC(=NCC(=O)N1CCCc2ccccc21)NCCc1ccccc1. The molecule has 0 unspecified atom stereocenters. The van der Waals surface area contributed by atoms with Crippen LogP contribution in [0.25, 0.3) is 0 Å². The van der Waals surface area contributed by atoms with Crippen LogP contribution in [0.4, 0.5) is 5.69 Å². The van der Waals surface area contributed by atoms with Crippen LogP contribution in [0.3, 0.4) is 0 Å². The van der Waals surface area contributed by atoms with Gasteiger partial charge in [0.2, 0.25) is 5.91 Å². The molecule has 1 heterocycles. The Kier molecular flexibility index (Phi) is 6.85. The van der Waals surface area contributed by atoms with Crippen molar-refractivity contribution < 1.29 is 4.79 Å². The first kappa shape index (κ1) is 19.0. The molecule has 1 aliphatic heterocycles. The van der Waals surface area contributed by atoms with E-state index in [4.69, 9.17) is 0 Å². The van der Waals surface area contributed by atoms with E-state index in [1.807, 2.05) is 48.2 Å². The minimum Gasteiger partial charge on any atom is -0.357 e. The Hall–Kier alpha value is -2.82. The van der Waals surface area contributed by atoms with Crippen LogP contribution >= 0.6 is 0 Å². The maximum Gasteiger partial charge on any atom is 0.248 e. The van der Waals surface area contributed by atoms with E-state index in [9.17, 15) is 4.79 Å². The molecule has 0 fully saturated rings. The van der Waals surface area contributed by atoms with Crippen LogP contribution in [-0.2, 0) is 17.6 Å². The van der Waals surface area contributed by atoms with Crippen molar-refractivity contribution in [3.05, 3.63) is 65.7 Å². The summed E-state index contributed by atoms with van der Waals surface area (Å²) in [5.74, 6) is 0.731. The highest BCUT2D eigenvalue weighted by atomic mass is 16.2. The molecule has 2 aromatic carbocycles. The van der Waals surface area contributed by atoms with Gasteiger partial charge in [-0.05, 0) is 43.4 Å². The second kappa shape index (κ2) is 9.76. The number of amides is 1. The minimum absolute atomic E-state index is 0.0439. The summed E-state index contributed by atoms with van der Waals surface area (Å²) in [6.07, 6.45) is 2.95. The first-order valence-corrected chi connectivity index (χ1v) is 9.72. The van der Waals surface area contributed by atoms with E-state index < -0.39 is 0 Å². The maximum atomic E-state index is 12.7. The molecular weight excluding hydrogens is 336 g/mol. The van der Waals surface area contributed by atoms with Gasteiger partial charge in [-0.15, -0.1) is 0 Å². The molecule has 0 saturated carbocycles. The van der Waals surface area contributed by atoms with Crippen LogP contribution in [0.1, 0.15) is 24.5 Å². The van der Waals surface area contributed by atoms with Gasteiger partial charge in [0.25, 0.3) is 0 Å². The molecule has 27 heavy (non-hydrogen) atoms. The molecule has 2 aromatic rings. The number of benzene rings is 2. The number of carbonyl (C=O) groups is 1. The van der Waals surface area contributed by atoms with Crippen molar-refractivity contribution in [3.63, 3.8) is 0 Å². The molecule has 142 valence electrons. The number of carbonyl (C=O) groups excluding carboxylic acids is 1.